The van der Waals surface area contributed by atoms with E-state index in [0.29, 0.717) is 17.0 Å². The summed E-state index contributed by atoms with van der Waals surface area (Å²) in [4.78, 5) is 28.2. The van der Waals surface area contributed by atoms with Gasteiger partial charge in [0.1, 0.15) is 11.5 Å². The average Bonchev–Trinajstić information content (AvgIpc) is 3.32. The molecule has 34 heavy (non-hydrogen) atoms. The molecule has 1 fully saturated rings. The molecule has 6 nitrogen and oxygen atoms in total. The van der Waals surface area contributed by atoms with Gasteiger partial charge in [-0.1, -0.05) is 36.4 Å². The Balaban J connectivity index is 1.79. The molecule has 5 rings (SSSR count). The molecule has 6 heteroatoms. The lowest BCUT2D eigenvalue weighted by molar-refractivity contribution is -0.132. The zero-order valence-corrected chi connectivity index (χ0v) is 19.1. The Labute approximate surface area is 197 Å². The number of hydrogen-bond donors (Lipinski definition) is 1. The van der Waals surface area contributed by atoms with Gasteiger partial charge in [-0.15, -0.1) is 0 Å². The van der Waals surface area contributed by atoms with Gasteiger partial charge in [-0.3, -0.25) is 14.5 Å². The number of aliphatic hydroxyl groups excluding tert-OH is 1. The van der Waals surface area contributed by atoms with Gasteiger partial charge in [-0.2, -0.15) is 0 Å². The zero-order valence-electron chi connectivity index (χ0n) is 19.1. The molecular formula is C28H24N2O4. The Morgan fingerprint density at radius 3 is 2.38 bits per heavy atom. The highest BCUT2D eigenvalue weighted by atomic mass is 16.5. The van der Waals surface area contributed by atoms with E-state index >= 15 is 0 Å². The molecule has 4 aromatic rings. The Kier molecular flexibility index (Phi) is 5.21. The van der Waals surface area contributed by atoms with Crippen molar-refractivity contribution < 1.29 is 19.4 Å². The topological polar surface area (TPSA) is 71.8 Å². The largest absolute Gasteiger partial charge is 0.507 e. The van der Waals surface area contributed by atoms with Crippen molar-refractivity contribution in [3.8, 4) is 5.75 Å². The van der Waals surface area contributed by atoms with Gasteiger partial charge in [-0.25, -0.2) is 0 Å². The van der Waals surface area contributed by atoms with Crippen molar-refractivity contribution in [2.45, 2.75) is 13.0 Å². The van der Waals surface area contributed by atoms with Crippen molar-refractivity contribution in [1.29, 1.82) is 0 Å². The minimum Gasteiger partial charge on any atom is -0.507 e. The standard InChI is InChI=1S/C28H24N2O4/c1-17-15-18(13-14-23(17)34-3)26(31)24-25(21-16-29(2)22-12-8-7-11-20(21)22)30(28(33)27(24)32)19-9-5-4-6-10-19/h4-16,25,31H,1-3H3/b26-24+. The fourth-order valence-electron chi connectivity index (χ4n) is 4.75. The molecule has 3 aromatic carbocycles. The van der Waals surface area contributed by atoms with Crippen LogP contribution in [0.25, 0.3) is 16.7 Å². The molecule has 1 unspecified atom stereocenters. The smallest absolute Gasteiger partial charge is 0.300 e. The number of aryl methyl sites for hydroxylation is 2. The minimum absolute atomic E-state index is 0.0646. The van der Waals surface area contributed by atoms with Crippen LogP contribution in [0.15, 0.2) is 84.6 Å². The Hall–Kier alpha value is -4.32. The van der Waals surface area contributed by atoms with Crippen LogP contribution in [0.5, 0.6) is 5.75 Å². The van der Waals surface area contributed by atoms with E-state index < -0.39 is 17.7 Å². The maximum atomic E-state index is 13.4. The SMILES string of the molecule is COc1ccc(/C(O)=C2\C(=O)C(=O)N(c3ccccc3)C2c2cn(C)c3ccccc23)cc1C. The van der Waals surface area contributed by atoms with E-state index in [4.69, 9.17) is 4.74 Å². The molecule has 1 aliphatic heterocycles. The number of hydrogen-bond acceptors (Lipinski definition) is 4. The summed E-state index contributed by atoms with van der Waals surface area (Å²) >= 11 is 0. The van der Waals surface area contributed by atoms with Crippen LogP contribution in [0, 0.1) is 6.92 Å². The van der Waals surface area contributed by atoms with E-state index in [1.807, 2.05) is 67.2 Å². The number of nitrogens with zero attached hydrogens (tertiary/aromatic N) is 2. The first-order chi connectivity index (χ1) is 16.4. The molecule has 0 saturated carbocycles. The normalized spacial score (nSPS) is 17.5. The zero-order chi connectivity index (χ0) is 24.0. The van der Waals surface area contributed by atoms with E-state index in [9.17, 15) is 14.7 Å². The number of ether oxygens (including phenoxy) is 1. The Bertz CT molecular complexity index is 1470. The fourth-order valence-corrected chi connectivity index (χ4v) is 4.75. The average molecular weight is 453 g/mol. The summed E-state index contributed by atoms with van der Waals surface area (Å²) in [5.74, 6) is -0.920. The van der Waals surface area contributed by atoms with E-state index in [-0.39, 0.29) is 11.3 Å². The maximum absolute atomic E-state index is 13.4. The lowest BCUT2D eigenvalue weighted by atomic mass is 9.94. The van der Waals surface area contributed by atoms with Gasteiger partial charge >= 0.3 is 0 Å². The number of Topliss-reactive ketones (excluding diaryl/α,β-unsaturated/α-hetero) is 1. The first-order valence-electron chi connectivity index (χ1n) is 11.0. The summed E-state index contributed by atoms with van der Waals surface area (Å²) < 4.78 is 7.30. The van der Waals surface area contributed by atoms with Gasteiger partial charge in [0.25, 0.3) is 11.7 Å². The van der Waals surface area contributed by atoms with Crippen molar-refractivity contribution >= 4 is 34.0 Å². The van der Waals surface area contributed by atoms with Gasteiger partial charge < -0.3 is 14.4 Å². The van der Waals surface area contributed by atoms with Crippen molar-refractivity contribution in [3.63, 3.8) is 0 Å². The summed E-state index contributed by atoms with van der Waals surface area (Å²) in [5.41, 5.74) is 3.66. The third-order valence-electron chi connectivity index (χ3n) is 6.37. The number of benzene rings is 3. The predicted molar refractivity (Wildman–Crippen MR) is 132 cm³/mol. The Morgan fingerprint density at radius 2 is 1.68 bits per heavy atom. The molecule has 1 N–H and O–H groups in total. The highest BCUT2D eigenvalue weighted by Gasteiger charge is 2.47. The van der Waals surface area contributed by atoms with E-state index in [1.54, 1.807) is 37.4 Å². The molecule has 1 amide bonds. The molecule has 0 radical (unpaired) electrons. The second kappa shape index (κ2) is 8.23. The van der Waals surface area contributed by atoms with Crippen molar-refractivity contribution in [1.82, 2.24) is 4.57 Å². The molecule has 1 aliphatic rings. The molecular weight excluding hydrogens is 428 g/mol. The molecule has 2 heterocycles. The molecule has 0 aliphatic carbocycles. The van der Waals surface area contributed by atoms with E-state index in [2.05, 4.69) is 0 Å². The molecule has 0 bridgehead atoms. The molecule has 170 valence electrons. The minimum atomic E-state index is -0.782. The summed E-state index contributed by atoms with van der Waals surface area (Å²) in [6.45, 7) is 1.86. The van der Waals surface area contributed by atoms with Crippen LogP contribution in [0.1, 0.15) is 22.7 Å². The summed E-state index contributed by atoms with van der Waals surface area (Å²) in [5, 5.41) is 12.3. The fraction of sp³-hybridized carbons (Fsp3) is 0.143. The number of aromatic nitrogens is 1. The van der Waals surface area contributed by atoms with Gasteiger partial charge in [-0.05, 0) is 48.9 Å². The van der Waals surface area contributed by atoms with Crippen molar-refractivity contribution in [2.75, 3.05) is 12.0 Å². The van der Waals surface area contributed by atoms with Crippen LogP contribution in [-0.4, -0.2) is 28.5 Å². The second-order valence-electron chi connectivity index (χ2n) is 8.40. The number of para-hydroxylation sites is 2. The number of fused-ring (bicyclic) bond motifs is 1. The number of ketones is 1. The first kappa shape index (κ1) is 21.5. The molecule has 1 atom stereocenters. The van der Waals surface area contributed by atoms with Gasteiger partial charge in [0.05, 0.1) is 18.7 Å². The number of carbonyl (C=O) groups excluding carboxylic acids is 2. The van der Waals surface area contributed by atoms with E-state index in [0.717, 1.165) is 22.0 Å². The van der Waals surface area contributed by atoms with Crippen molar-refractivity contribution in [2.24, 2.45) is 7.05 Å². The Morgan fingerprint density at radius 1 is 0.971 bits per heavy atom. The number of aliphatic hydroxyl groups is 1. The quantitative estimate of drug-likeness (QED) is 0.265. The van der Waals surface area contributed by atoms with Gasteiger partial charge in [0.15, 0.2) is 0 Å². The van der Waals surface area contributed by atoms with Crippen LogP contribution in [0.2, 0.25) is 0 Å². The predicted octanol–water partition coefficient (Wildman–Crippen LogP) is 5.12. The molecule has 1 aromatic heterocycles. The van der Waals surface area contributed by atoms with Crippen LogP contribution < -0.4 is 9.64 Å². The molecule has 1 saturated heterocycles. The third kappa shape index (κ3) is 3.27. The molecule has 0 spiro atoms. The number of amides is 1. The van der Waals surface area contributed by atoms with Gasteiger partial charge in [0, 0.05) is 41.0 Å². The second-order valence-corrected chi connectivity index (χ2v) is 8.40. The van der Waals surface area contributed by atoms with Crippen LogP contribution in [0.4, 0.5) is 5.69 Å². The van der Waals surface area contributed by atoms with Crippen LogP contribution in [-0.2, 0) is 16.6 Å². The third-order valence-corrected chi connectivity index (χ3v) is 6.37. The van der Waals surface area contributed by atoms with E-state index in [1.165, 1.54) is 4.90 Å². The lowest BCUT2D eigenvalue weighted by Gasteiger charge is -2.25. The summed E-state index contributed by atoms with van der Waals surface area (Å²) in [7, 11) is 3.50. The monoisotopic (exact) mass is 452 g/mol. The number of rotatable bonds is 4. The highest BCUT2D eigenvalue weighted by Crippen LogP contribution is 2.44. The summed E-state index contributed by atoms with van der Waals surface area (Å²) in [6, 6.07) is 21.3. The van der Waals surface area contributed by atoms with Gasteiger partial charge in [0.2, 0.25) is 0 Å². The summed E-state index contributed by atoms with van der Waals surface area (Å²) in [6.07, 6.45) is 1.92. The highest BCUT2D eigenvalue weighted by molar-refractivity contribution is 6.51. The first-order valence-corrected chi connectivity index (χ1v) is 11.0. The van der Waals surface area contributed by atoms with Crippen LogP contribution in [0.3, 0.4) is 0 Å². The lowest BCUT2D eigenvalue weighted by Crippen LogP contribution is -2.29. The number of methoxy groups -OCH3 is 1. The maximum Gasteiger partial charge on any atom is 0.300 e. The number of carbonyl (C=O) groups is 2. The van der Waals surface area contributed by atoms with Crippen LogP contribution >= 0.6 is 0 Å². The van der Waals surface area contributed by atoms with Crippen molar-refractivity contribution in [3.05, 3.63) is 101 Å². The number of anilines is 1.